The number of hydrogen-bond donors (Lipinski definition) is 0. The smallest absolute Gasteiger partial charge is 0.306 e. The van der Waals surface area contributed by atoms with Gasteiger partial charge in [0.25, 0.3) is 0 Å². The van der Waals surface area contributed by atoms with E-state index in [1.807, 2.05) is 6.92 Å². The second kappa shape index (κ2) is 5.57. The number of carbonyl (C=O) groups is 1. The Morgan fingerprint density at radius 1 is 1.62 bits per heavy atom. The Morgan fingerprint density at radius 2 is 2.46 bits per heavy atom. The molecule has 0 bridgehead atoms. The molecule has 0 N–H and O–H groups in total. The summed E-state index contributed by atoms with van der Waals surface area (Å²) in [6.45, 7) is 2.32. The molecule has 0 aromatic carbocycles. The lowest BCUT2D eigenvalue weighted by molar-refractivity contribution is -0.143. The fourth-order valence-electron chi connectivity index (χ4n) is 1.36. The minimum atomic E-state index is -0.0852. The summed E-state index contributed by atoms with van der Waals surface area (Å²) in [5.41, 5.74) is 1.36. The van der Waals surface area contributed by atoms with E-state index >= 15 is 0 Å². The number of esters is 1. The van der Waals surface area contributed by atoms with Crippen LogP contribution in [-0.2, 0) is 9.53 Å². The summed E-state index contributed by atoms with van der Waals surface area (Å²) >= 11 is 0. The zero-order valence-corrected chi connectivity index (χ0v) is 8.08. The third-order valence-corrected chi connectivity index (χ3v) is 2.06. The average molecular weight is 180 g/mol. The van der Waals surface area contributed by atoms with E-state index in [-0.39, 0.29) is 5.97 Å². The first-order valence-electron chi connectivity index (χ1n) is 4.83. The number of allylic oxidation sites excluding steroid dienone is 4. The van der Waals surface area contributed by atoms with E-state index in [0.717, 1.165) is 19.3 Å². The van der Waals surface area contributed by atoms with Crippen LogP contribution in [0.2, 0.25) is 0 Å². The van der Waals surface area contributed by atoms with Crippen LogP contribution >= 0.6 is 0 Å². The molecule has 0 aromatic heterocycles. The first-order chi connectivity index (χ1) is 6.33. The van der Waals surface area contributed by atoms with Gasteiger partial charge < -0.3 is 4.74 Å². The highest BCUT2D eigenvalue weighted by atomic mass is 16.5. The Hall–Kier alpha value is -1.05. The number of hydrogen-bond acceptors (Lipinski definition) is 2. The highest BCUT2D eigenvalue weighted by molar-refractivity contribution is 5.69. The minimum absolute atomic E-state index is 0.0852. The SMILES string of the molecule is CCOC(=O)CCC1=CC=CCC1. The van der Waals surface area contributed by atoms with Gasteiger partial charge in [0.2, 0.25) is 0 Å². The third kappa shape index (κ3) is 3.92. The monoisotopic (exact) mass is 180 g/mol. The molecule has 0 radical (unpaired) electrons. The molecule has 1 aliphatic carbocycles. The van der Waals surface area contributed by atoms with Crippen LogP contribution in [0.5, 0.6) is 0 Å². The second-order valence-corrected chi connectivity index (χ2v) is 3.10. The minimum Gasteiger partial charge on any atom is -0.466 e. The molecule has 0 unspecified atom stereocenters. The van der Waals surface area contributed by atoms with Crippen LogP contribution in [0.1, 0.15) is 32.6 Å². The Morgan fingerprint density at radius 3 is 3.08 bits per heavy atom. The normalized spacial score (nSPS) is 15.3. The van der Waals surface area contributed by atoms with Gasteiger partial charge in [0.05, 0.1) is 6.61 Å². The molecule has 1 rings (SSSR count). The van der Waals surface area contributed by atoms with Crippen molar-refractivity contribution in [3.05, 3.63) is 23.8 Å². The van der Waals surface area contributed by atoms with Crippen LogP contribution in [0.25, 0.3) is 0 Å². The summed E-state index contributed by atoms with van der Waals surface area (Å²) < 4.78 is 4.85. The van der Waals surface area contributed by atoms with Crippen molar-refractivity contribution in [3.63, 3.8) is 0 Å². The molecule has 2 nitrogen and oxygen atoms in total. The quantitative estimate of drug-likeness (QED) is 0.621. The Kier molecular flexibility index (Phi) is 4.30. The topological polar surface area (TPSA) is 26.3 Å². The fourth-order valence-corrected chi connectivity index (χ4v) is 1.36. The van der Waals surface area contributed by atoms with E-state index in [2.05, 4.69) is 18.2 Å². The summed E-state index contributed by atoms with van der Waals surface area (Å²) in [6, 6.07) is 0. The van der Waals surface area contributed by atoms with Gasteiger partial charge in [0.15, 0.2) is 0 Å². The molecule has 0 saturated carbocycles. The van der Waals surface area contributed by atoms with Crippen molar-refractivity contribution in [2.75, 3.05) is 6.61 Å². The molecule has 0 aromatic rings. The molecule has 0 fully saturated rings. The molecular formula is C11H16O2. The van der Waals surface area contributed by atoms with Crippen molar-refractivity contribution >= 4 is 5.97 Å². The number of carbonyl (C=O) groups excluding carboxylic acids is 1. The van der Waals surface area contributed by atoms with E-state index in [0.29, 0.717) is 13.0 Å². The first kappa shape index (κ1) is 10.0. The second-order valence-electron chi connectivity index (χ2n) is 3.10. The largest absolute Gasteiger partial charge is 0.466 e. The molecule has 0 atom stereocenters. The maximum atomic E-state index is 11.0. The summed E-state index contributed by atoms with van der Waals surface area (Å²) in [5.74, 6) is -0.0852. The molecule has 1 aliphatic rings. The summed E-state index contributed by atoms with van der Waals surface area (Å²) in [7, 11) is 0. The lowest BCUT2D eigenvalue weighted by Crippen LogP contribution is -2.04. The fraction of sp³-hybridized carbons (Fsp3) is 0.545. The van der Waals surface area contributed by atoms with E-state index in [1.165, 1.54) is 5.57 Å². The average Bonchev–Trinajstić information content (AvgIpc) is 2.17. The lowest BCUT2D eigenvalue weighted by atomic mass is 10.0. The van der Waals surface area contributed by atoms with Crippen molar-refractivity contribution in [2.24, 2.45) is 0 Å². The molecule has 0 spiro atoms. The number of rotatable bonds is 4. The van der Waals surface area contributed by atoms with Gasteiger partial charge in [0.1, 0.15) is 0 Å². The van der Waals surface area contributed by atoms with Gasteiger partial charge in [-0.3, -0.25) is 4.79 Å². The van der Waals surface area contributed by atoms with Crippen molar-refractivity contribution in [2.45, 2.75) is 32.6 Å². The van der Waals surface area contributed by atoms with E-state index in [4.69, 9.17) is 4.74 Å². The van der Waals surface area contributed by atoms with Crippen LogP contribution in [0.3, 0.4) is 0 Å². The summed E-state index contributed by atoms with van der Waals surface area (Å²) in [5, 5.41) is 0. The van der Waals surface area contributed by atoms with Crippen molar-refractivity contribution in [1.29, 1.82) is 0 Å². The molecule has 0 amide bonds. The van der Waals surface area contributed by atoms with Gasteiger partial charge in [-0.25, -0.2) is 0 Å². The lowest BCUT2D eigenvalue weighted by Gasteiger charge is -2.07. The highest BCUT2D eigenvalue weighted by Crippen LogP contribution is 2.16. The van der Waals surface area contributed by atoms with E-state index in [1.54, 1.807) is 0 Å². The van der Waals surface area contributed by atoms with Gasteiger partial charge in [0, 0.05) is 6.42 Å². The zero-order chi connectivity index (χ0) is 9.52. The standard InChI is InChI=1S/C11H16O2/c1-2-13-11(12)9-8-10-6-4-3-5-7-10/h3-4,6H,2,5,7-9H2,1H3. The van der Waals surface area contributed by atoms with Crippen molar-refractivity contribution < 1.29 is 9.53 Å². The van der Waals surface area contributed by atoms with Crippen molar-refractivity contribution in [1.82, 2.24) is 0 Å². The highest BCUT2D eigenvalue weighted by Gasteiger charge is 2.04. The molecule has 2 heteroatoms. The maximum absolute atomic E-state index is 11.0. The predicted molar refractivity (Wildman–Crippen MR) is 52.3 cm³/mol. The maximum Gasteiger partial charge on any atom is 0.306 e. The molecule has 0 heterocycles. The molecule has 0 saturated heterocycles. The van der Waals surface area contributed by atoms with Gasteiger partial charge in [-0.1, -0.05) is 23.8 Å². The van der Waals surface area contributed by atoms with Gasteiger partial charge in [-0.2, -0.15) is 0 Å². The molecular weight excluding hydrogens is 164 g/mol. The molecule has 13 heavy (non-hydrogen) atoms. The van der Waals surface area contributed by atoms with Crippen LogP contribution in [0.15, 0.2) is 23.8 Å². The van der Waals surface area contributed by atoms with Crippen LogP contribution in [0, 0.1) is 0 Å². The number of ether oxygens (including phenoxy) is 1. The summed E-state index contributed by atoms with van der Waals surface area (Å²) in [6.07, 6.45) is 9.88. The predicted octanol–water partition coefficient (Wildman–Crippen LogP) is 2.61. The molecule has 72 valence electrons. The Labute approximate surface area is 79.3 Å². The van der Waals surface area contributed by atoms with Crippen LogP contribution < -0.4 is 0 Å². The van der Waals surface area contributed by atoms with Crippen LogP contribution in [-0.4, -0.2) is 12.6 Å². The first-order valence-corrected chi connectivity index (χ1v) is 4.83. The van der Waals surface area contributed by atoms with E-state index in [9.17, 15) is 4.79 Å². The van der Waals surface area contributed by atoms with Crippen LogP contribution in [0.4, 0.5) is 0 Å². The van der Waals surface area contributed by atoms with E-state index < -0.39 is 0 Å². The third-order valence-electron chi connectivity index (χ3n) is 2.06. The Bertz CT molecular complexity index is 226. The zero-order valence-electron chi connectivity index (χ0n) is 8.08. The van der Waals surface area contributed by atoms with Gasteiger partial charge in [-0.15, -0.1) is 0 Å². The van der Waals surface area contributed by atoms with Gasteiger partial charge in [-0.05, 0) is 26.2 Å². The summed E-state index contributed by atoms with van der Waals surface area (Å²) in [4.78, 5) is 11.0. The van der Waals surface area contributed by atoms with Gasteiger partial charge >= 0.3 is 5.97 Å². The molecule has 0 aliphatic heterocycles. The van der Waals surface area contributed by atoms with Crippen molar-refractivity contribution in [3.8, 4) is 0 Å². The Balaban J connectivity index is 2.21.